The van der Waals surface area contributed by atoms with E-state index in [1.165, 1.54) is 18.4 Å². The molecule has 1 nitrogen and oxygen atoms in total. The molecule has 15 heavy (non-hydrogen) atoms. The highest BCUT2D eigenvalue weighted by molar-refractivity contribution is 5.79. The van der Waals surface area contributed by atoms with E-state index < -0.39 is 0 Å². The molecule has 0 aliphatic heterocycles. The van der Waals surface area contributed by atoms with Crippen LogP contribution in [0.3, 0.4) is 0 Å². The summed E-state index contributed by atoms with van der Waals surface area (Å²) in [6.45, 7) is 8.70. The zero-order valence-corrected chi connectivity index (χ0v) is 10.0. The summed E-state index contributed by atoms with van der Waals surface area (Å²) in [6, 6.07) is 0. The highest BCUT2D eigenvalue weighted by atomic mass is 16.1. The second-order valence-corrected chi connectivity index (χ2v) is 5.65. The lowest BCUT2D eigenvalue weighted by Crippen LogP contribution is -2.36. The van der Waals surface area contributed by atoms with E-state index >= 15 is 0 Å². The van der Waals surface area contributed by atoms with E-state index in [1.54, 1.807) is 0 Å². The largest absolute Gasteiger partial charge is 0.300 e. The van der Waals surface area contributed by atoms with E-state index in [0.717, 1.165) is 31.6 Å². The van der Waals surface area contributed by atoms with Gasteiger partial charge in [-0.25, -0.2) is 0 Å². The summed E-state index contributed by atoms with van der Waals surface area (Å²) in [4.78, 5) is 11.4. The molecule has 0 aromatic heterocycles. The summed E-state index contributed by atoms with van der Waals surface area (Å²) in [7, 11) is 0. The normalized spacial score (nSPS) is 34.7. The molecule has 2 fully saturated rings. The number of hydrogen-bond acceptors (Lipinski definition) is 1. The van der Waals surface area contributed by atoms with Gasteiger partial charge in [-0.2, -0.15) is 0 Å². The Balaban J connectivity index is 2.22. The molecule has 0 N–H and O–H groups in total. The van der Waals surface area contributed by atoms with Crippen molar-refractivity contribution in [2.24, 2.45) is 17.3 Å². The average molecular weight is 206 g/mol. The van der Waals surface area contributed by atoms with Crippen molar-refractivity contribution in [1.29, 1.82) is 0 Å². The molecule has 0 aromatic carbocycles. The Bertz CT molecular complexity index is 280. The quantitative estimate of drug-likeness (QED) is 0.597. The van der Waals surface area contributed by atoms with Gasteiger partial charge in [0.1, 0.15) is 5.78 Å². The van der Waals surface area contributed by atoms with Gasteiger partial charge in [0.05, 0.1) is 0 Å². The van der Waals surface area contributed by atoms with E-state index in [0.29, 0.717) is 17.1 Å². The van der Waals surface area contributed by atoms with Gasteiger partial charge in [-0.1, -0.05) is 19.1 Å². The van der Waals surface area contributed by atoms with Crippen molar-refractivity contribution < 1.29 is 4.79 Å². The molecule has 0 bridgehead atoms. The summed E-state index contributed by atoms with van der Waals surface area (Å²) in [6.07, 6.45) is 6.48. The highest BCUT2D eigenvalue weighted by Gasteiger charge is 2.49. The number of hydrogen-bond donors (Lipinski definition) is 0. The van der Waals surface area contributed by atoms with Crippen LogP contribution in [0.15, 0.2) is 12.2 Å². The van der Waals surface area contributed by atoms with Crippen LogP contribution < -0.4 is 0 Å². The number of ketones is 1. The minimum atomic E-state index is 0.430. The maximum Gasteiger partial charge on any atom is 0.132 e. The monoisotopic (exact) mass is 206 g/mol. The molecule has 0 radical (unpaired) electrons. The van der Waals surface area contributed by atoms with Gasteiger partial charge in [0.15, 0.2) is 0 Å². The number of rotatable bonds is 1. The summed E-state index contributed by atoms with van der Waals surface area (Å²) in [5, 5.41) is 0. The Hall–Kier alpha value is -0.590. The summed E-state index contributed by atoms with van der Waals surface area (Å²) in [5.74, 6) is 1.94. The maximum atomic E-state index is 11.4. The Morgan fingerprint density at radius 3 is 2.47 bits per heavy atom. The van der Waals surface area contributed by atoms with E-state index in [4.69, 9.17) is 0 Å². The fourth-order valence-electron chi connectivity index (χ4n) is 3.91. The van der Waals surface area contributed by atoms with E-state index in [1.807, 2.05) is 0 Å². The van der Waals surface area contributed by atoms with Crippen molar-refractivity contribution >= 4 is 5.78 Å². The second kappa shape index (κ2) is 3.77. The first-order valence-electron chi connectivity index (χ1n) is 6.23. The standard InChI is InChI=1S/C14H22O/c1-10(2)13-5-4-11(3)14(13)8-6-12(15)7-9-14/h11,13H,1,4-9H2,2-3H3/t11-,13+/m1/s1. The van der Waals surface area contributed by atoms with Gasteiger partial charge in [-0.05, 0) is 49.9 Å². The van der Waals surface area contributed by atoms with Crippen LogP contribution in [-0.2, 0) is 4.79 Å². The Labute approximate surface area is 92.9 Å². The zero-order chi connectivity index (χ0) is 11.1. The van der Waals surface area contributed by atoms with Gasteiger partial charge in [-0.15, -0.1) is 0 Å². The number of carbonyl (C=O) groups excluding carboxylic acids is 1. The van der Waals surface area contributed by atoms with Crippen molar-refractivity contribution in [2.75, 3.05) is 0 Å². The van der Waals surface area contributed by atoms with E-state index in [9.17, 15) is 4.79 Å². The predicted molar refractivity (Wildman–Crippen MR) is 62.6 cm³/mol. The number of Topliss-reactive ketones (excluding diaryl/α,β-unsaturated/α-hetero) is 1. The van der Waals surface area contributed by atoms with Crippen LogP contribution in [0.25, 0.3) is 0 Å². The third-order valence-electron chi connectivity index (χ3n) is 4.90. The molecular formula is C14H22O. The molecule has 0 aromatic rings. The zero-order valence-electron chi connectivity index (χ0n) is 10.0. The van der Waals surface area contributed by atoms with Crippen molar-refractivity contribution in [3.63, 3.8) is 0 Å². The smallest absolute Gasteiger partial charge is 0.132 e. The average Bonchev–Trinajstić information content (AvgIpc) is 2.50. The minimum absolute atomic E-state index is 0.430. The molecule has 84 valence electrons. The third-order valence-corrected chi connectivity index (χ3v) is 4.90. The first kappa shape index (κ1) is 10.9. The fourth-order valence-corrected chi connectivity index (χ4v) is 3.91. The van der Waals surface area contributed by atoms with Crippen LogP contribution in [0.1, 0.15) is 52.4 Å². The molecule has 0 heterocycles. The van der Waals surface area contributed by atoms with Crippen LogP contribution in [0, 0.1) is 17.3 Å². The summed E-state index contributed by atoms with van der Waals surface area (Å²) >= 11 is 0. The number of carbonyl (C=O) groups is 1. The molecule has 0 unspecified atom stereocenters. The lowest BCUT2D eigenvalue weighted by atomic mass is 9.62. The lowest BCUT2D eigenvalue weighted by molar-refractivity contribution is -0.123. The Morgan fingerprint density at radius 1 is 1.33 bits per heavy atom. The predicted octanol–water partition coefficient (Wildman–Crippen LogP) is 3.74. The lowest BCUT2D eigenvalue weighted by Gasteiger charge is -2.42. The molecule has 0 amide bonds. The van der Waals surface area contributed by atoms with Crippen LogP contribution in [0.4, 0.5) is 0 Å². The molecular weight excluding hydrogens is 184 g/mol. The van der Waals surface area contributed by atoms with Crippen LogP contribution >= 0.6 is 0 Å². The van der Waals surface area contributed by atoms with Crippen molar-refractivity contribution in [2.45, 2.75) is 52.4 Å². The van der Waals surface area contributed by atoms with Gasteiger partial charge in [-0.3, -0.25) is 4.79 Å². The summed E-state index contributed by atoms with van der Waals surface area (Å²) in [5.41, 5.74) is 1.77. The van der Waals surface area contributed by atoms with Crippen molar-refractivity contribution in [1.82, 2.24) is 0 Å². The molecule has 2 rings (SSSR count). The van der Waals surface area contributed by atoms with Gasteiger partial charge in [0, 0.05) is 12.8 Å². The topological polar surface area (TPSA) is 17.1 Å². The first-order valence-corrected chi connectivity index (χ1v) is 6.23. The minimum Gasteiger partial charge on any atom is -0.300 e. The second-order valence-electron chi connectivity index (χ2n) is 5.65. The van der Waals surface area contributed by atoms with Gasteiger partial charge in [0.2, 0.25) is 0 Å². The first-order chi connectivity index (χ1) is 7.06. The van der Waals surface area contributed by atoms with Crippen molar-refractivity contribution in [3.8, 4) is 0 Å². The Morgan fingerprint density at radius 2 is 1.93 bits per heavy atom. The molecule has 1 spiro atoms. The summed E-state index contributed by atoms with van der Waals surface area (Å²) < 4.78 is 0. The van der Waals surface area contributed by atoms with E-state index in [-0.39, 0.29) is 0 Å². The molecule has 2 saturated carbocycles. The van der Waals surface area contributed by atoms with Crippen molar-refractivity contribution in [3.05, 3.63) is 12.2 Å². The molecule has 2 aliphatic carbocycles. The molecule has 0 saturated heterocycles. The number of allylic oxidation sites excluding steroid dienone is 1. The van der Waals surface area contributed by atoms with Gasteiger partial charge in [0.25, 0.3) is 0 Å². The van der Waals surface area contributed by atoms with Crippen LogP contribution in [-0.4, -0.2) is 5.78 Å². The third kappa shape index (κ3) is 1.66. The van der Waals surface area contributed by atoms with Gasteiger partial charge < -0.3 is 0 Å². The molecule has 1 heteroatoms. The Kier molecular flexibility index (Phi) is 2.74. The van der Waals surface area contributed by atoms with Gasteiger partial charge >= 0.3 is 0 Å². The van der Waals surface area contributed by atoms with Crippen LogP contribution in [0.2, 0.25) is 0 Å². The maximum absolute atomic E-state index is 11.4. The SMILES string of the molecule is C=C(C)[C@@H]1CC[C@@H](C)C12CCC(=O)CC2. The fraction of sp³-hybridized carbons (Fsp3) is 0.786. The molecule has 2 aliphatic rings. The van der Waals surface area contributed by atoms with Crippen LogP contribution in [0.5, 0.6) is 0 Å². The highest BCUT2D eigenvalue weighted by Crippen LogP contribution is 2.57. The molecule has 2 atom stereocenters. The van der Waals surface area contributed by atoms with E-state index in [2.05, 4.69) is 20.4 Å².